The highest BCUT2D eigenvalue weighted by Crippen LogP contribution is 2.26. The summed E-state index contributed by atoms with van der Waals surface area (Å²) in [5.74, 6) is -0.0163. The fourth-order valence-electron chi connectivity index (χ4n) is 2.28. The molecule has 0 saturated heterocycles. The van der Waals surface area contributed by atoms with Gasteiger partial charge >= 0.3 is 0 Å². The van der Waals surface area contributed by atoms with Crippen LogP contribution in [0.2, 0.25) is 0 Å². The number of benzene rings is 1. The zero-order chi connectivity index (χ0) is 15.4. The average Bonchev–Trinajstić information content (AvgIpc) is 2.92. The summed E-state index contributed by atoms with van der Waals surface area (Å²) in [6.45, 7) is 4.11. The topological polar surface area (TPSA) is 46.3 Å². The molecule has 1 aromatic carbocycles. The Balaban J connectivity index is 2.01. The first-order valence-electron chi connectivity index (χ1n) is 7.11. The van der Waals surface area contributed by atoms with Gasteiger partial charge in [0.25, 0.3) is 0 Å². The molecule has 2 rings (SSSR count). The van der Waals surface area contributed by atoms with Gasteiger partial charge in [0, 0.05) is 16.8 Å². The molecule has 1 amide bonds. The molecule has 0 aliphatic rings. The van der Waals surface area contributed by atoms with Gasteiger partial charge in [-0.2, -0.15) is 0 Å². The lowest BCUT2D eigenvalue weighted by Crippen LogP contribution is -2.43. The van der Waals surface area contributed by atoms with E-state index in [-0.39, 0.29) is 11.9 Å². The minimum Gasteiger partial charge on any atom is -0.337 e. The number of amides is 1. The predicted octanol–water partition coefficient (Wildman–Crippen LogP) is 3.15. The van der Waals surface area contributed by atoms with Crippen LogP contribution in [0.1, 0.15) is 28.3 Å². The van der Waals surface area contributed by atoms with Crippen LogP contribution < -0.4 is 5.73 Å². The maximum absolute atomic E-state index is 12.5. The second-order valence-electron chi connectivity index (χ2n) is 5.37. The zero-order valence-electron chi connectivity index (χ0n) is 12.7. The van der Waals surface area contributed by atoms with Crippen molar-refractivity contribution in [3.63, 3.8) is 0 Å². The molecule has 0 aliphatic heterocycles. The summed E-state index contributed by atoms with van der Waals surface area (Å²) in [5, 5.41) is 0. The summed E-state index contributed by atoms with van der Waals surface area (Å²) in [6, 6.07) is 13.6. The Kier molecular flexibility index (Phi) is 5.15. The number of aryl methyl sites for hydroxylation is 1. The third kappa shape index (κ3) is 3.93. The van der Waals surface area contributed by atoms with E-state index in [2.05, 4.69) is 19.1 Å². The molecule has 2 aromatic rings. The van der Waals surface area contributed by atoms with E-state index in [4.69, 9.17) is 5.73 Å². The average molecular weight is 302 g/mol. The van der Waals surface area contributed by atoms with E-state index < -0.39 is 6.04 Å². The minimum absolute atomic E-state index is 0.0163. The van der Waals surface area contributed by atoms with Gasteiger partial charge in [0.2, 0.25) is 5.91 Å². The van der Waals surface area contributed by atoms with Crippen LogP contribution in [0.3, 0.4) is 0 Å². The van der Waals surface area contributed by atoms with Gasteiger partial charge in [-0.05, 0) is 38.0 Å². The Morgan fingerprint density at radius 2 is 1.90 bits per heavy atom. The molecule has 2 atom stereocenters. The lowest BCUT2D eigenvalue weighted by Gasteiger charge is -2.27. The molecule has 0 fully saturated rings. The number of nitrogens with two attached hydrogens (primary N) is 1. The van der Waals surface area contributed by atoms with Crippen molar-refractivity contribution in [2.45, 2.75) is 32.4 Å². The number of hydrogen-bond acceptors (Lipinski definition) is 3. The Morgan fingerprint density at radius 1 is 1.24 bits per heavy atom. The van der Waals surface area contributed by atoms with Crippen LogP contribution in [0.4, 0.5) is 0 Å². The Hall–Kier alpha value is -1.65. The third-order valence-corrected chi connectivity index (χ3v) is 4.89. The fraction of sp³-hybridized carbons (Fsp3) is 0.353. The number of nitrogens with zero attached hydrogens (tertiary/aromatic N) is 1. The van der Waals surface area contributed by atoms with Gasteiger partial charge in [0.05, 0.1) is 12.1 Å². The SMILES string of the molecule is Cc1ccc(C(C)N(C)C(=O)[C@@H](N)Cc2ccccc2)s1. The van der Waals surface area contributed by atoms with E-state index in [0.717, 1.165) is 5.56 Å². The Morgan fingerprint density at radius 3 is 2.48 bits per heavy atom. The molecule has 0 aliphatic carbocycles. The summed E-state index contributed by atoms with van der Waals surface area (Å²) in [6.07, 6.45) is 0.570. The molecule has 1 aromatic heterocycles. The van der Waals surface area contributed by atoms with Gasteiger partial charge in [0.15, 0.2) is 0 Å². The number of carbonyl (C=O) groups is 1. The minimum atomic E-state index is -0.499. The van der Waals surface area contributed by atoms with Crippen LogP contribution in [0.15, 0.2) is 42.5 Å². The van der Waals surface area contributed by atoms with Gasteiger partial charge in [-0.3, -0.25) is 4.79 Å². The summed E-state index contributed by atoms with van der Waals surface area (Å²) in [5.41, 5.74) is 7.17. The van der Waals surface area contributed by atoms with Crippen LogP contribution in [0, 0.1) is 6.92 Å². The van der Waals surface area contributed by atoms with Gasteiger partial charge in [-0.1, -0.05) is 30.3 Å². The number of rotatable bonds is 5. The molecule has 112 valence electrons. The molecule has 2 N–H and O–H groups in total. The standard InChI is InChI=1S/C17H22N2OS/c1-12-9-10-16(21-12)13(2)19(3)17(20)15(18)11-14-7-5-4-6-8-14/h4-10,13,15H,11,18H2,1-3H3/t13?,15-/m0/s1. The number of thiophene rings is 1. The highest BCUT2D eigenvalue weighted by molar-refractivity contribution is 7.12. The van der Waals surface area contributed by atoms with E-state index >= 15 is 0 Å². The first-order chi connectivity index (χ1) is 9.99. The van der Waals surface area contributed by atoms with Gasteiger partial charge in [0.1, 0.15) is 0 Å². The molecule has 0 radical (unpaired) electrons. The second-order valence-corrected chi connectivity index (χ2v) is 6.69. The van der Waals surface area contributed by atoms with Crippen molar-refractivity contribution in [3.05, 3.63) is 57.8 Å². The number of hydrogen-bond donors (Lipinski definition) is 1. The molecule has 21 heavy (non-hydrogen) atoms. The van der Waals surface area contributed by atoms with Crippen molar-refractivity contribution in [3.8, 4) is 0 Å². The van der Waals surface area contributed by atoms with Crippen LogP contribution in [-0.2, 0) is 11.2 Å². The lowest BCUT2D eigenvalue weighted by molar-refractivity contribution is -0.133. The summed E-state index contributed by atoms with van der Waals surface area (Å²) in [4.78, 5) is 16.7. The smallest absolute Gasteiger partial charge is 0.240 e. The molecule has 0 spiro atoms. The molecular weight excluding hydrogens is 280 g/mol. The molecule has 0 saturated carbocycles. The Labute approximate surface area is 130 Å². The number of carbonyl (C=O) groups excluding carboxylic acids is 1. The Bertz CT molecular complexity index is 594. The molecule has 4 heteroatoms. The summed E-state index contributed by atoms with van der Waals surface area (Å²) < 4.78 is 0. The molecule has 3 nitrogen and oxygen atoms in total. The maximum atomic E-state index is 12.5. The zero-order valence-corrected chi connectivity index (χ0v) is 13.6. The highest BCUT2D eigenvalue weighted by Gasteiger charge is 2.23. The van der Waals surface area contributed by atoms with Crippen molar-refractivity contribution < 1.29 is 4.79 Å². The van der Waals surface area contributed by atoms with Crippen molar-refractivity contribution in [2.24, 2.45) is 5.73 Å². The van der Waals surface area contributed by atoms with Gasteiger partial charge in [-0.25, -0.2) is 0 Å². The van der Waals surface area contributed by atoms with E-state index in [1.54, 1.807) is 16.2 Å². The quantitative estimate of drug-likeness (QED) is 0.922. The van der Waals surface area contributed by atoms with E-state index in [9.17, 15) is 4.79 Å². The first-order valence-corrected chi connectivity index (χ1v) is 7.93. The third-order valence-electron chi connectivity index (χ3n) is 3.72. The second kappa shape index (κ2) is 6.87. The van der Waals surface area contributed by atoms with Crippen molar-refractivity contribution in [1.29, 1.82) is 0 Å². The van der Waals surface area contributed by atoms with Gasteiger partial charge in [-0.15, -0.1) is 11.3 Å². The van der Waals surface area contributed by atoms with Gasteiger partial charge < -0.3 is 10.6 Å². The van der Waals surface area contributed by atoms with Crippen molar-refractivity contribution in [1.82, 2.24) is 4.90 Å². The predicted molar refractivity (Wildman–Crippen MR) is 88.4 cm³/mol. The molecule has 0 bridgehead atoms. The lowest BCUT2D eigenvalue weighted by atomic mass is 10.1. The number of likely N-dealkylation sites (N-methyl/N-ethyl adjacent to an activating group) is 1. The summed E-state index contributed by atoms with van der Waals surface area (Å²) >= 11 is 1.72. The fourth-order valence-corrected chi connectivity index (χ4v) is 3.25. The molecule has 1 heterocycles. The van der Waals surface area contributed by atoms with Crippen LogP contribution in [-0.4, -0.2) is 23.9 Å². The monoisotopic (exact) mass is 302 g/mol. The van der Waals surface area contributed by atoms with Crippen molar-refractivity contribution >= 4 is 17.2 Å². The van der Waals surface area contributed by atoms with E-state index in [0.29, 0.717) is 6.42 Å². The van der Waals surface area contributed by atoms with Crippen LogP contribution in [0.5, 0.6) is 0 Å². The summed E-state index contributed by atoms with van der Waals surface area (Å²) in [7, 11) is 1.83. The van der Waals surface area contributed by atoms with E-state index in [1.165, 1.54) is 9.75 Å². The van der Waals surface area contributed by atoms with Crippen molar-refractivity contribution in [2.75, 3.05) is 7.05 Å². The van der Waals surface area contributed by atoms with E-state index in [1.807, 2.05) is 44.3 Å². The normalized spacial score (nSPS) is 13.7. The van der Waals surface area contributed by atoms with Crippen LogP contribution in [0.25, 0.3) is 0 Å². The maximum Gasteiger partial charge on any atom is 0.240 e. The highest BCUT2D eigenvalue weighted by atomic mass is 32.1. The van der Waals surface area contributed by atoms with Crippen LogP contribution >= 0.6 is 11.3 Å². The molecule has 1 unspecified atom stereocenters. The molecular formula is C17H22N2OS. The largest absolute Gasteiger partial charge is 0.337 e. The first kappa shape index (κ1) is 15.7.